The normalized spacial score (nSPS) is 49.7. The molecule has 2 saturated carbocycles. The molecular formula is C19H28O2. The number of carbonyl (C=O) groups excluding carboxylic acids is 1. The highest BCUT2D eigenvalue weighted by molar-refractivity contribution is 5.82. The van der Waals surface area contributed by atoms with E-state index in [9.17, 15) is 9.90 Å². The van der Waals surface area contributed by atoms with Crippen LogP contribution in [0.2, 0.25) is 0 Å². The quantitative estimate of drug-likeness (QED) is 0.683. The Morgan fingerprint density at radius 2 is 1.86 bits per heavy atom. The Labute approximate surface area is 128 Å². The van der Waals surface area contributed by atoms with Crippen LogP contribution in [-0.4, -0.2) is 16.5 Å². The van der Waals surface area contributed by atoms with E-state index in [-0.39, 0.29) is 5.41 Å². The monoisotopic (exact) mass is 288 g/mol. The van der Waals surface area contributed by atoms with Crippen LogP contribution in [0, 0.1) is 23.2 Å². The fourth-order valence-electron chi connectivity index (χ4n) is 6.29. The number of carbonyl (C=O) groups is 1. The van der Waals surface area contributed by atoms with Crippen molar-refractivity contribution in [3.8, 4) is 0 Å². The lowest BCUT2D eigenvalue weighted by Gasteiger charge is -2.53. The van der Waals surface area contributed by atoms with E-state index in [2.05, 4.69) is 13.8 Å². The maximum atomic E-state index is 11.7. The Morgan fingerprint density at radius 3 is 2.67 bits per heavy atom. The molecule has 0 aromatic rings. The third-order valence-corrected chi connectivity index (χ3v) is 7.76. The summed E-state index contributed by atoms with van der Waals surface area (Å²) in [5, 5.41) is 10.8. The van der Waals surface area contributed by atoms with Gasteiger partial charge in [-0.1, -0.05) is 18.1 Å². The second-order valence-corrected chi connectivity index (χ2v) is 8.53. The van der Waals surface area contributed by atoms with E-state index < -0.39 is 5.60 Å². The number of fused-ring (bicyclic) bond motifs is 4. The molecule has 0 spiro atoms. The molecule has 4 unspecified atom stereocenters. The van der Waals surface area contributed by atoms with Gasteiger partial charge in [0.2, 0.25) is 0 Å². The molecular weight excluding hydrogens is 260 g/mol. The SMILES string of the molecule is CC12CCC3C4=C(CCC3C1CC[C@@]2(C)O)CC(=O)CC4. The first-order chi connectivity index (χ1) is 9.92. The van der Waals surface area contributed by atoms with Crippen molar-refractivity contribution in [2.24, 2.45) is 23.2 Å². The molecule has 2 nitrogen and oxygen atoms in total. The third-order valence-electron chi connectivity index (χ3n) is 7.76. The van der Waals surface area contributed by atoms with Gasteiger partial charge in [-0.05, 0) is 75.0 Å². The maximum absolute atomic E-state index is 11.7. The molecule has 0 saturated heterocycles. The Hall–Kier alpha value is -0.630. The highest BCUT2D eigenvalue weighted by Gasteiger charge is 2.59. The molecule has 4 rings (SSSR count). The number of aliphatic hydroxyl groups is 1. The molecule has 1 N–H and O–H groups in total. The van der Waals surface area contributed by atoms with Crippen LogP contribution in [0.1, 0.15) is 71.6 Å². The summed E-state index contributed by atoms with van der Waals surface area (Å²) in [4.78, 5) is 11.7. The fourth-order valence-corrected chi connectivity index (χ4v) is 6.29. The number of hydrogen-bond acceptors (Lipinski definition) is 2. The predicted molar refractivity (Wildman–Crippen MR) is 82.8 cm³/mol. The minimum absolute atomic E-state index is 0.122. The van der Waals surface area contributed by atoms with Crippen LogP contribution < -0.4 is 0 Å². The molecule has 0 heterocycles. The highest BCUT2D eigenvalue weighted by atomic mass is 16.3. The topological polar surface area (TPSA) is 37.3 Å². The van der Waals surface area contributed by atoms with E-state index in [1.807, 2.05) is 0 Å². The first-order valence-corrected chi connectivity index (χ1v) is 8.87. The molecule has 5 atom stereocenters. The first-order valence-electron chi connectivity index (χ1n) is 8.87. The van der Waals surface area contributed by atoms with Crippen LogP contribution >= 0.6 is 0 Å². The lowest BCUT2D eigenvalue weighted by Crippen LogP contribution is -2.50. The summed E-state index contributed by atoms with van der Waals surface area (Å²) in [5.74, 6) is 2.65. The summed E-state index contributed by atoms with van der Waals surface area (Å²) in [5.41, 5.74) is 2.82. The smallest absolute Gasteiger partial charge is 0.137 e. The molecule has 0 aromatic heterocycles. The van der Waals surface area contributed by atoms with Gasteiger partial charge in [-0.25, -0.2) is 0 Å². The number of Topliss-reactive ketones (excluding diaryl/α,β-unsaturated/α-hetero) is 1. The van der Waals surface area contributed by atoms with Crippen LogP contribution in [0.5, 0.6) is 0 Å². The third kappa shape index (κ3) is 1.84. The summed E-state index contributed by atoms with van der Waals surface area (Å²) >= 11 is 0. The van der Waals surface area contributed by atoms with Gasteiger partial charge in [-0.15, -0.1) is 0 Å². The van der Waals surface area contributed by atoms with E-state index in [1.165, 1.54) is 24.8 Å². The zero-order chi connectivity index (χ0) is 14.8. The minimum atomic E-state index is -0.472. The predicted octanol–water partition coefficient (Wildman–Crippen LogP) is 4.02. The number of ketones is 1. The van der Waals surface area contributed by atoms with Crippen LogP contribution in [-0.2, 0) is 4.79 Å². The Bertz CT molecular complexity index is 516. The second kappa shape index (κ2) is 4.44. The highest BCUT2D eigenvalue weighted by Crippen LogP contribution is 2.64. The number of rotatable bonds is 0. The molecule has 0 bridgehead atoms. The standard InChI is InChI=1S/C19H28O2/c1-18-9-7-15-14-6-4-13(20)11-12(14)3-5-16(15)17(18)8-10-19(18,2)21/h15-17,21H,3-11H2,1-2H3/t15?,16?,17?,18?,19-/m1/s1. The molecule has 116 valence electrons. The fraction of sp³-hybridized carbons (Fsp3) is 0.842. The average molecular weight is 288 g/mol. The van der Waals surface area contributed by atoms with Crippen molar-refractivity contribution in [3.63, 3.8) is 0 Å². The molecule has 2 heteroatoms. The Morgan fingerprint density at radius 1 is 1.05 bits per heavy atom. The Balaban J connectivity index is 1.66. The molecule has 2 fully saturated rings. The van der Waals surface area contributed by atoms with E-state index in [0.29, 0.717) is 11.7 Å². The van der Waals surface area contributed by atoms with Gasteiger partial charge in [0.15, 0.2) is 0 Å². The number of allylic oxidation sites excluding steroid dienone is 2. The van der Waals surface area contributed by atoms with Crippen molar-refractivity contribution in [2.45, 2.75) is 77.2 Å². The zero-order valence-corrected chi connectivity index (χ0v) is 13.5. The van der Waals surface area contributed by atoms with Gasteiger partial charge in [0, 0.05) is 12.8 Å². The summed E-state index contributed by atoms with van der Waals surface area (Å²) in [7, 11) is 0. The lowest BCUT2D eigenvalue weighted by atomic mass is 9.52. The second-order valence-electron chi connectivity index (χ2n) is 8.53. The molecule has 0 aromatic carbocycles. The van der Waals surface area contributed by atoms with Gasteiger partial charge in [0.05, 0.1) is 5.60 Å². The zero-order valence-electron chi connectivity index (χ0n) is 13.5. The van der Waals surface area contributed by atoms with Crippen molar-refractivity contribution >= 4 is 5.78 Å². The molecule has 0 amide bonds. The molecule has 0 aliphatic heterocycles. The van der Waals surface area contributed by atoms with Crippen molar-refractivity contribution < 1.29 is 9.90 Å². The largest absolute Gasteiger partial charge is 0.390 e. The first kappa shape index (κ1) is 14.0. The average Bonchev–Trinajstić information content (AvgIpc) is 2.69. The van der Waals surface area contributed by atoms with Gasteiger partial charge < -0.3 is 5.11 Å². The molecule has 4 aliphatic rings. The van der Waals surface area contributed by atoms with Crippen molar-refractivity contribution in [1.29, 1.82) is 0 Å². The molecule has 4 aliphatic carbocycles. The van der Waals surface area contributed by atoms with Gasteiger partial charge in [0.1, 0.15) is 5.78 Å². The van der Waals surface area contributed by atoms with Gasteiger partial charge in [-0.2, -0.15) is 0 Å². The van der Waals surface area contributed by atoms with E-state index in [1.54, 1.807) is 5.57 Å². The number of hydrogen-bond donors (Lipinski definition) is 1. The maximum Gasteiger partial charge on any atom is 0.137 e. The Kier molecular flexibility index (Phi) is 2.96. The van der Waals surface area contributed by atoms with Gasteiger partial charge >= 0.3 is 0 Å². The van der Waals surface area contributed by atoms with Gasteiger partial charge in [-0.3, -0.25) is 4.79 Å². The summed E-state index contributed by atoms with van der Waals surface area (Å²) in [6.07, 6.45) is 9.55. The van der Waals surface area contributed by atoms with Crippen molar-refractivity contribution in [2.75, 3.05) is 0 Å². The van der Waals surface area contributed by atoms with E-state index in [0.717, 1.165) is 50.4 Å². The lowest BCUT2D eigenvalue weighted by molar-refractivity contribution is -0.119. The van der Waals surface area contributed by atoms with Crippen LogP contribution in [0.3, 0.4) is 0 Å². The van der Waals surface area contributed by atoms with Crippen LogP contribution in [0.15, 0.2) is 11.1 Å². The van der Waals surface area contributed by atoms with Crippen molar-refractivity contribution in [1.82, 2.24) is 0 Å². The van der Waals surface area contributed by atoms with Gasteiger partial charge in [0.25, 0.3) is 0 Å². The summed E-state index contributed by atoms with van der Waals surface area (Å²) in [6.45, 7) is 4.41. The summed E-state index contributed by atoms with van der Waals surface area (Å²) < 4.78 is 0. The minimum Gasteiger partial charge on any atom is -0.390 e. The van der Waals surface area contributed by atoms with Crippen molar-refractivity contribution in [3.05, 3.63) is 11.1 Å². The van der Waals surface area contributed by atoms with Crippen LogP contribution in [0.25, 0.3) is 0 Å². The summed E-state index contributed by atoms with van der Waals surface area (Å²) in [6, 6.07) is 0. The molecule has 0 radical (unpaired) electrons. The van der Waals surface area contributed by atoms with Crippen LogP contribution in [0.4, 0.5) is 0 Å². The molecule has 21 heavy (non-hydrogen) atoms. The van der Waals surface area contributed by atoms with E-state index in [4.69, 9.17) is 0 Å². The van der Waals surface area contributed by atoms with E-state index >= 15 is 0 Å².